The van der Waals surface area contributed by atoms with Gasteiger partial charge >= 0.3 is 0 Å². The topological polar surface area (TPSA) is 32.3 Å². The molecule has 0 aromatic rings. The summed E-state index contributed by atoms with van der Waals surface area (Å²) in [5, 5.41) is 3.33. The molecule has 0 saturated carbocycles. The lowest BCUT2D eigenvalue weighted by atomic mass is 9.75. The maximum absolute atomic E-state index is 11.7. The highest BCUT2D eigenvalue weighted by Crippen LogP contribution is 2.33. The van der Waals surface area contributed by atoms with Crippen molar-refractivity contribution in [2.75, 3.05) is 26.2 Å². The van der Waals surface area contributed by atoms with E-state index in [1.807, 2.05) is 0 Å². The fourth-order valence-electron chi connectivity index (χ4n) is 2.56. The molecule has 0 aromatic carbocycles. The molecule has 2 saturated heterocycles. The van der Waals surface area contributed by atoms with Gasteiger partial charge in [-0.25, -0.2) is 0 Å². The van der Waals surface area contributed by atoms with E-state index in [2.05, 4.69) is 17.1 Å². The van der Waals surface area contributed by atoms with Crippen LogP contribution in [0.1, 0.15) is 32.6 Å². The Hall–Kier alpha value is -0.570. The van der Waals surface area contributed by atoms with Crippen LogP contribution >= 0.6 is 0 Å². The average Bonchev–Trinajstić information content (AvgIpc) is 2.16. The Morgan fingerprint density at radius 2 is 2.29 bits per heavy atom. The van der Waals surface area contributed by atoms with Gasteiger partial charge < -0.3 is 10.2 Å². The molecule has 0 unspecified atom stereocenters. The Balaban J connectivity index is 1.90. The molecule has 3 nitrogen and oxygen atoms in total. The number of hydrogen-bond donors (Lipinski definition) is 1. The molecular weight excluding hydrogens is 176 g/mol. The second-order valence-corrected chi connectivity index (χ2v) is 4.77. The third kappa shape index (κ3) is 1.78. The Morgan fingerprint density at radius 1 is 1.50 bits per heavy atom. The van der Waals surface area contributed by atoms with Crippen molar-refractivity contribution in [2.45, 2.75) is 32.6 Å². The van der Waals surface area contributed by atoms with Crippen LogP contribution in [0.5, 0.6) is 0 Å². The zero-order valence-electron chi connectivity index (χ0n) is 9.01. The minimum absolute atomic E-state index is 0.360. The normalized spacial score (nSPS) is 24.8. The van der Waals surface area contributed by atoms with Crippen molar-refractivity contribution in [3.05, 3.63) is 0 Å². The van der Waals surface area contributed by atoms with Gasteiger partial charge in [0.25, 0.3) is 0 Å². The van der Waals surface area contributed by atoms with Gasteiger partial charge in [0.2, 0.25) is 5.91 Å². The van der Waals surface area contributed by atoms with Crippen LogP contribution in [0.4, 0.5) is 0 Å². The van der Waals surface area contributed by atoms with E-state index >= 15 is 0 Å². The molecule has 0 aromatic heterocycles. The quantitative estimate of drug-likeness (QED) is 0.714. The van der Waals surface area contributed by atoms with Crippen LogP contribution < -0.4 is 5.32 Å². The lowest BCUT2D eigenvalue weighted by molar-refractivity contribution is -0.135. The highest BCUT2D eigenvalue weighted by molar-refractivity contribution is 5.76. The van der Waals surface area contributed by atoms with Crippen molar-refractivity contribution in [3.63, 3.8) is 0 Å². The standard InChI is InChI=1S/C11H20N2O/c1-2-4-10(14)13-6-3-5-11(9-13)7-12-8-11/h12H,2-9H2,1H3. The van der Waals surface area contributed by atoms with Gasteiger partial charge in [-0.1, -0.05) is 6.92 Å². The van der Waals surface area contributed by atoms with E-state index in [0.29, 0.717) is 11.3 Å². The molecule has 0 aliphatic carbocycles. The summed E-state index contributed by atoms with van der Waals surface area (Å²) in [6, 6.07) is 0. The number of hydrogen-bond acceptors (Lipinski definition) is 2. The minimum Gasteiger partial charge on any atom is -0.342 e. The molecule has 1 amide bonds. The first-order valence-corrected chi connectivity index (χ1v) is 5.74. The van der Waals surface area contributed by atoms with Crippen LogP contribution in [-0.4, -0.2) is 37.0 Å². The van der Waals surface area contributed by atoms with Crippen LogP contribution in [-0.2, 0) is 4.79 Å². The molecule has 1 N–H and O–H groups in total. The summed E-state index contributed by atoms with van der Waals surface area (Å²) in [6.45, 7) is 6.29. The van der Waals surface area contributed by atoms with Crippen LogP contribution in [0.25, 0.3) is 0 Å². The van der Waals surface area contributed by atoms with E-state index in [9.17, 15) is 4.79 Å². The number of carbonyl (C=O) groups excluding carboxylic acids is 1. The van der Waals surface area contributed by atoms with Crippen LogP contribution in [0.2, 0.25) is 0 Å². The van der Waals surface area contributed by atoms with Crippen molar-refractivity contribution >= 4 is 5.91 Å². The summed E-state index contributed by atoms with van der Waals surface area (Å²) < 4.78 is 0. The molecule has 80 valence electrons. The van der Waals surface area contributed by atoms with Crippen molar-refractivity contribution < 1.29 is 4.79 Å². The Bertz CT molecular complexity index is 223. The van der Waals surface area contributed by atoms with Crippen molar-refractivity contribution in [3.8, 4) is 0 Å². The monoisotopic (exact) mass is 196 g/mol. The van der Waals surface area contributed by atoms with Crippen molar-refractivity contribution in [2.24, 2.45) is 5.41 Å². The third-order valence-corrected chi connectivity index (χ3v) is 3.48. The molecule has 0 bridgehead atoms. The van der Waals surface area contributed by atoms with Gasteiger partial charge in [-0.2, -0.15) is 0 Å². The van der Waals surface area contributed by atoms with Gasteiger partial charge in [-0.3, -0.25) is 4.79 Å². The minimum atomic E-state index is 0.360. The Labute approximate surface area is 85.8 Å². The van der Waals surface area contributed by atoms with Crippen LogP contribution in [0.3, 0.4) is 0 Å². The fourth-order valence-corrected chi connectivity index (χ4v) is 2.56. The number of nitrogens with one attached hydrogen (secondary N) is 1. The van der Waals surface area contributed by atoms with Gasteiger partial charge in [-0.05, 0) is 19.3 Å². The molecule has 2 aliphatic rings. The van der Waals surface area contributed by atoms with Crippen molar-refractivity contribution in [1.82, 2.24) is 10.2 Å². The molecular formula is C11H20N2O. The number of carbonyl (C=O) groups is 1. The summed E-state index contributed by atoms with van der Waals surface area (Å²) in [6.07, 6.45) is 4.19. The number of rotatable bonds is 2. The fraction of sp³-hybridized carbons (Fsp3) is 0.909. The predicted molar refractivity (Wildman–Crippen MR) is 56.0 cm³/mol. The van der Waals surface area contributed by atoms with E-state index in [4.69, 9.17) is 0 Å². The SMILES string of the molecule is CCCC(=O)N1CCCC2(CNC2)C1. The Kier molecular flexibility index (Phi) is 2.77. The summed E-state index contributed by atoms with van der Waals surface area (Å²) in [4.78, 5) is 13.8. The second kappa shape index (κ2) is 3.89. The summed E-state index contributed by atoms with van der Waals surface area (Å²) >= 11 is 0. The number of likely N-dealkylation sites (tertiary alicyclic amines) is 1. The third-order valence-electron chi connectivity index (χ3n) is 3.48. The number of amides is 1. The maximum Gasteiger partial charge on any atom is 0.222 e. The maximum atomic E-state index is 11.7. The van der Waals surface area contributed by atoms with Gasteiger partial charge in [0.15, 0.2) is 0 Å². The van der Waals surface area contributed by atoms with E-state index in [1.54, 1.807) is 0 Å². The molecule has 0 radical (unpaired) electrons. The van der Waals surface area contributed by atoms with E-state index in [-0.39, 0.29) is 0 Å². The average molecular weight is 196 g/mol. The smallest absolute Gasteiger partial charge is 0.222 e. The van der Waals surface area contributed by atoms with Gasteiger partial charge in [0, 0.05) is 38.0 Å². The van der Waals surface area contributed by atoms with E-state index in [0.717, 1.165) is 39.0 Å². The molecule has 14 heavy (non-hydrogen) atoms. The van der Waals surface area contributed by atoms with Crippen LogP contribution in [0.15, 0.2) is 0 Å². The molecule has 2 heterocycles. The first-order chi connectivity index (χ1) is 6.76. The zero-order chi connectivity index (χ0) is 10.0. The van der Waals surface area contributed by atoms with Crippen LogP contribution in [0, 0.1) is 5.41 Å². The summed E-state index contributed by atoms with van der Waals surface area (Å²) in [5.41, 5.74) is 0.446. The lowest BCUT2D eigenvalue weighted by Gasteiger charge is -2.49. The molecule has 2 rings (SSSR count). The summed E-state index contributed by atoms with van der Waals surface area (Å²) in [7, 11) is 0. The van der Waals surface area contributed by atoms with Gasteiger partial charge in [0.05, 0.1) is 0 Å². The summed E-state index contributed by atoms with van der Waals surface area (Å²) in [5.74, 6) is 0.360. The first-order valence-electron chi connectivity index (χ1n) is 5.74. The molecule has 0 atom stereocenters. The van der Waals surface area contributed by atoms with Crippen molar-refractivity contribution in [1.29, 1.82) is 0 Å². The number of nitrogens with zero attached hydrogens (tertiary/aromatic N) is 1. The van der Waals surface area contributed by atoms with Gasteiger partial charge in [0.1, 0.15) is 0 Å². The largest absolute Gasteiger partial charge is 0.342 e. The number of piperidine rings is 1. The lowest BCUT2D eigenvalue weighted by Crippen LogP contribution is -2.61. The first kappa shape index (κ1) is 9.97. The van der Waals surface area contributed by atoms with Gasteiger partial charge in [-0.15, -0.1) is 0 Å². The Morgan fingerprint density at radius 3 is 2.86 bits per heavy atom. The molecule has 2 fully saturated rings. The molecule has 3 heteroatoms. The zero-order valence-corrected chi connectivity index (χ0v) is 9.01. The highest BCUT2D eigenvalue weighted by Gasteiger charge is 2.41. The molecule has 2 aliphatic heterocycles. The predicted octanol–water partition coefficient (Wildman–Crippen LogP) is 0.998. The second-order valence-electron chi connectivity index (χ2n) is 4.77. The van der Waals surface area contributed by atoms with E-state index < -0.39 is 0 Å². The molecule has 1 spiro atoms. The van der Waals surface area contributed by atoms with E-state index in [1.165, 1.54) is 12.8 Å². The highest BCUT2D eigenvalue weighted by atomic mass is 16.2.